The maximum absolute atomic E-state index is 12.8. The van der Waals surface area contributed by atoms with Gasteiger partial charge in [-0.15, -0.1) is 0 Å². The molecule has 0 fully saturated rings. The molecule has 188 valence electrons. The van der Waals surface area contributed by atoms with Crippen molar-refractivity contribution in [3.8, 4) is 11.1 Å². The van der Waals surface area contributed by atoms with E-state index in [9.17, 15) is 36.3 Å². The standard InChI is InChI=1S/C23H21F5N2O5/c24-19(25)10-30(12-23(26,27)28)21(33)18(9-20(31)32)29-22(34)35-11-17-15-7-3-1-5-13(15)14-6-2-4-8-16(14)17/h1-8,17-19H,9-12H2,(H,29,34)(H,31,32). The highest BCUT2D eigenvalue weighted by molar-refractivity contribution is 5.89. The minimum Gasteiger partial charge on any atom is -0.481 e. The molecule has 2 N–H and O–H groups in total. The molecule has 0 spiro atoms. The van der Waals surface area contributed by atoms with Crippen LogP contribution in [0.2, 0.25) is 0 Å². The van der Waals surface area contributed by atoms with E-state index in [1.807, 2.05) is 41.7 Å². The number of carboxylic acids is 1. The molecule has 35 heavy (non-hydrogen) atoms. The van der Waals surface area contributed by atoms with Crippen LogP contribution in [0.25, 0.3) is 11.1 Å². The van der Waals surface area contributed by atoms with Crippen LogP contribution in [0.1, 0.15) is 23.5 Å². The van der Waals surface area contributed by atoms with Gasteiger partial charge in [-0.25, -0.2) is 13.6 Å². The summed E-state index contributed by atoms with van der Waals surface area (Å²) in [6.45, 7) is -3.82. The van der Waals surface area contributed by atoms with E-state index in [0.29, 0.717) is 0 Å². The van der Waals surface area contributed by atoms with Crippen molar-refractivity contribution >= 4 is 18.0 Å². The summed E-state index contributed by atoms with van der Waals surface area (Å²) in [7, 11) is 0. The Balaban J connectivity index is 1.72. The third-order valence-electron chi connectivity index (χ3n) is 5.35. The Hall–Kier alpha value is -3.70. The number of hydrogen-bond donors (Lipinski definition) is 2. The van der Waals surface area contributed by atoms with Crippen molar-refractivity contribution in [2.45, 2.75) is 31.0 Å². The lowest BCUT2D eigenvalue weighted by atomic mass is 9.98. The summed E-state index contributed by atoms with van der Waals surface area (Å²) in [5.74, 6) is -3.62. The number of carboxylic acid groups (broad SMARTS) is 1. The van der Waals surface area contributed by atoms with Crippen molar-refractivity contribution in [1.82, 2.24) is 10.2 Å². The Kier molecular flexibility index (Phi) is 7.92. The molecular weight excluding hydrogens is 479 g/mol. The quantitative estimate of drug-likeness (QED) is 0.507. The number of amides is 2. The van der Waals surface area contributed by atoms with Gasteiger partial charge in [0.25, 0.3) is 6.43 Å². The molecule has 0 saturated carbocycles. The van der Waals surface area contributed by atoms with E-state index in [1.54, 1.807) is 12.1 Å². The van der Waals surface area contributed by atoms with Crippen LogP contribution in [0.5, 0.6) is 0 Å². The average molecular weight is 500 g/mol. The van der Waals surface area contributed by atoms with Crippen LogP contribution in [0.4, 0.5) is 26.7 Å². The number of carbonyl (C=O) groups is 3. The molecule has 0 saturated heterocycles. The topological polar surface area (TPSA) is 95.9 Å². The van der Waals surface area contributed by atoms with Gasteiger partial charge in [0, 0.05) is 5.92 Å². The molecule has 12 heteroatoms. The van der Waals surface area contributed by atoms with E-state index < -0.39 is 56.1 Å². The maximum atomic E-state index is 12.8. The number of nitrogens with zero attached hydrogens (tertiary/aromatic N) is 1. The lowest BCUT2D eigenvalue weighted by Crippen LogP contribution is -2.53. The van der Waals surface area contributed by atoms with Crippen molar-refractivity contribution in [3.05, 3.63) is 59.7 Å². The number of benzene rings is 2. The Labute approximate surface area is 196 Å². The smallest absolute Gasteiger partial charge is 0.407 e. The van der Waals surface area contributed by atoms with Crippen LogP contribution in [-0.2, 0) is 14.3 Å². The number of halogens is 5. The predicted octanol–water partition coefficient (Wildman–Crippen LogP) is 4.02. The molecule has 3 rings (SSSR count). The number of hydrogen-bond acceptors (Lipinski definition) is 4. The van der Waals surface area contributed by atoms with Crippen molar-refractivity contribution < 1.29 is 46.2 Å². The molecule has 1 aliphatic carbocycles. The highest BCUT2D eigenvalue weighted by atomic mass is 19.4. The molecule has 1 unspecified atom stereocenters. The van der Waals surface area contributed by atoms with Gasteiger partial charge in [-0.2, -0.15) is 13.2 Å². The Morgan fingerprint density at radius 3 is 2.03 bits per heavy atom. The maximum Gasteiger partial charge on any atom is 0.407 e. The number of nitrogens with one attached hydrogen (secondary N) is 1. The zero-order valence-corrected chi connectivity index (χ0v) is 18.1. The summed E-state index contributed by atoms with van der Waals surface area (Å²) >= 11 is 0. The lowest BCUT2D eigenvalue weighted by Gasteiger charge is -2.27. The van der Waals surface area contributed by atoms with E-state index in [0.717, 1.165) is 22.3 Å². The molecule has 2 amide bonds. The number of alkyl halides is 5. The Bertz CT molecular complexity index is 1050. The van der Waals surface area contributed by atoms with Crippen LogP contribution in [-0.4, -0.2) is 66.3 Å². The average Bonchev–Trinajstić information content (AvgIpc) is 3.08. The van der Waals surface area contributed by atoms with E-state index in [1.165, 1.54) is 0 Å². The second kappa shape index (κ2) is 10.7. The third kappa shape index (κ3) is 6.67. The van der Waals surface area contributed by atoms with Crippen LogP contribution in [0.15, 0.2) is 48.5 Å². The summed E-state index contributed by atoms with van der Waals surface area (Å²) in [5.41, 5.74) is 3.61. The summed E-state index contributed by atoms with van der Waals surface area (Å²) < 4.78 is 69.0. The zero-order valence-electron chi connectivity index (χ0n) is 18.1. The van der Waals surface area contributed by atoms with Crippen molar-refractivity contribution in [1.29, 1.82) is 0 Å². The van der Waals surface area contributed by atoms with Crippen LogP contribution in [0.3, 0.4) is 0 Å². The number of alkyl carbamates (subject to hydrolysis) is 1. The van der Waals surface area contributed by atoms with Gasteiger partial charge in [-0.05, 0) is 22.3 Å². The highest BCUT2D eigenvalue weighted by Gasteiger charge is 2.38. The molecule has 0 radical (unpaired) electrons. The minimum absolute atomic E-state index is 0.211. The number of fused-ring (bicyclic) bond motifs is 3. The second-order valence-corrected chi connectivity index (χ2v) is 7.85. The summed E-state index contributed by atoms with van der Waals surface area (Å²) in [6, 6.07) is 12.7. The lowest BCUT2D eigenvalue weighted by molar-refractivity contribution is -0.166. The van der Waals surface area contributed by atoms with Gasteiger partial charge in [0.15, 0.2) is 0 Å². The van der Waals surface area contributed by atoms with Crippen molar-refractivity contribution in [2.24, 2.45) is 0 Å². The number of ether oxygens (including phenoxy) is 1. The Morgan fingerprint density at radius 2 is 1.54 bits per heavy atom. The van der Waals surface area contributed by atoms with Gasteiger partial charge >= 0.3 is 18.2 Å². The van der Waals surface area contributed by atoms with E-state index >= 15 is 0 Å². The van der Waals surface area contributed by atoms with E-state index in [4.69, 9.17) is 9.84 Å². The summed E-state index contributed by atoms with van der Waals surface area (Å²) in [4.78, 5) is 35.8. The third-order valence-corrected chi connectivity index (χ3v) is 5.35. The van der Waals surface area contributed by atoms with Gasteiger partial charge in [0.1, 0.15) is 19.2 Å². The van der Waals surface area contributed by atoms with Crippen LogP contribution >= 0.6 is 0 Å². The first-order valence-corrected chi connectivity index (χ1v) is 10.4. The largest absolute Gasteiger partial charge is 0.481 e. The van der Waals surface area contributed by atoms with Gasteiger partial charge in [0.05, 0.1) is 13.0 Å². The molecule has 0 aliphatic heterocycles. The zero-order chi connectivity index (χ0) is 25.8. The van der Waals surface area contributed by atoms with Crippen LogP contribution < -0.4 is 5.32 Å². The molecule has 1 atom stereocenters. The first kappa shape index (κ1) is 25.9. The first-order valence-electron chi connectivity index (χ1n) is 10.4. The van der Waals surface area contributed by atoms with E-state index in [-0.39, 0.29) is 17.4 Å². The fourth-order valence-corrected chi connectivity index (χ4v) is 3.99. The normalized spacial score (nSPS) is 13.7. The number of rotatable bonds is 9. The molecule has 2 aromatic rings. The van der Waals surface area contributed by atoms with Gasteiger partial charge < -0.3 is 20.1 Å². The highest BCUT2D eigenvalue weighted by Crippen LogP contribution is 2.44. The Morgan fingerprint density at radius 1 is 1.00 bits per heavy atom. The van der Waals surface area contributed by atoms with Crippen LogP contribution in [0, 0.1) is 0 Å². The minimum atomic E-state index is -5.01. The summed E-state index contributed by atoms with van der Waals surface area (Å²) in [5, 5.41) is 10.9. The molecule has 2 aromatic carbocycles. The number of aliphatic carboxylic acids is 1. The predicted molar refractivity (Wildman–Crippen MR) is 113 cm³/mol. The molecule has 7 nitrogen and oxygen atoms in total. The molecule has 0 bridgehead atoms. The number of carbonyl (C=O) groups excluding carboxylic acids is 2. The fourth-order valence-electron chi connectivity index (χ4n) is 3.99. The van der Waals surface area contributed by atoms with Crippen molar-refractivity contribution in [2.75, 3.05) is 19.7 Å². The molecule has 0 heterocycles. The molecule has 1 aliphatic rings. The SMILES string of the molecule is O=C(O)CC(NC(=O)OCC1c2ccccc2-c2ccccc21)C(=O)N(CC(F)F)CC(F)(F)F. The first-order chi connectivity index (χ1) is 16.5. The van der Waals surface area contributed by atoms with Gasteiger partial charge in [0.2, 0.25) is 5.91 Å². The van der Waals surface area contributed by atoms with Gasteiger partial charge in [-0.3, -0.25) is 9.59 Å². The molecule has 0 aromatic heterocycles. The molecular formula is C23H21F5N2O5. The van der Waals surface area contributed by atoms with Gasteiger partial charge in [-0.1, -0.05) is 48.5 Å². The van der Waals surface area contributed by atoms with E-state index in [2.05, 4.69) is 0 Å². The fraction of sp³-hybridized carbons (Fsp3) is 0.348. The monoisotopic (exact) mass is 500 g/mol. The second-order valence-electron chi connectivity index (χ2n) is 7.85. The summed E-state index contributed by atoms with van der Waals surface area (Å²) in [6.07, 6.45) is -10.7. The van der Waals surface area contributed by atoms with Crippen molar-refractivity contribution in [3.63, 3.8) is 0 Å².